The Bertz CT molecular complexity index is 440. The van der Waals surface area contributed by atoms with E-state index < -0.39 is 0 Å². The number of aryl methyl sites for hydroxylation is 1. The Morgan fingerprint density at radius 1 is 1.50 bits per heavy atom. The van der Waals surface area contributed by atoms with Crippen LogP contribution in [0, 0.1) is 0 Å². The molecule has 4 nitrogen and oxygen atoms in total. The molecule has 2 atom stereocenters. The van der Waals surface area contributed by atoms with Gasteiger partial charge in [0.05, 0.1) is 6.61 Å². The van der Waals surface area contributed by atoms with Crippen molar-refractivity contribution >= 4 is 11.6 Å². The van der Waals surface area contributed by atoms with Crippen molar-refractivity contribution in [2.75, 3.05) is 19.7 Å². The summed E-state index contributed by atoms with van der Waals surface area (Å²) in [6.07, 6.45) is 3.37. The molecule has 18 heavy (non-hydrogen) atoms. The Kier molecular flexibility index (Phi) is 3.50. The number of hydrogen-bond acceptors (Lipinski definition) is 4. The first kappa shape index (κ1) is 12.3. The first-order chi connectivity index (χ1) is 8.76. The summed E-state index contributed by atoms with van der Waals surface area (Å²) in [6, 6.07) is 2.43. The van der Waals surface area contributed by atoms with Gasteiger partial charge in [0.25, 0.3) is 0 Å². The molecule has 5 heteroatoms. The summed E-state index contributed by atoms with van der Waals surface area (Å²) in [5, 5.41) is 0.518. The predicted molar refractivity (Wildman–Crippen MR) is 69.7 cm³/mol. The molecule has 0 aromatic carbocycles. The smallest absolute Gasteiger partial charge is 0.160 e. The van der Waals surface area contributed by atoms with Crippen LogP contribution in [0.2, 0.25) is 5.15 Å². The molecule has 0 spiro atoms. The Hall–Kier alpha value is -0.710. The minimum atomic E-state index is -0.0247. The summed E-state index contributed by atoms with van der Waals surface area (Å²) >= 11 is 6.04. The minimum absolute atomic E-state index is 0.0247. The van der Waals surface area contributed by atoms with Crippen molar-refractivity contribution < 1.29 is 4.74 Å². The van der Waals surface area contributed by atoms with Crippen LogP contribution < -0.4 is 0 Å². The molecule has 0 radical (unpaired) electrons. The van der Waals surface area contributed by atoms with Crippen LogP contribution in [0.15, 0.2) is 6.07 Å². The lowest BCUT2D eigenvalue weighted by Crippen LogP contribution is -2.42. The van der Waals surface area contributed by atoms with Crippen LogP contribution in [-0.2, 0) is 11.2 Å². The summed E-state index contributed by atoms with van der Waals surface area (Å²) in [6.45, 7) is 4.93. The molecular weight excluding hydrogens is 250 g/mol. The normalized spacial score (nSPS) is 28.3. The van der Waals surface area contributed by atoms with E-state index in [0.717, 1.165) is 31.1 Å². The van der Waals surface area contributed by atoms with Crippen molar-refractivity contribution in [3.05, 3.63) is 22.7 Å². The molecular formula is C13H18ClN3O. The number of fused-ring (bicyclic) bond motifs is 1. The van der Waals surface area contributed by atoms with Gasteiger partial charge in [0.15, 0.2) is 5.82 Å². The third-order valence-electron chi connectivity index (χ3n) is 3.80. The summed E-state index contributed by atoms with van der Waals surface area (Å²) < 4.78 is 5.91. The number of rotatable bonds is 2. The predicted octanol–water partition coefficient (Wildman–Crippen LogP) is 2.23. The van der Waals surface area contributed by atoms with Gasteiger partial charge in [0, 0.05) is 18.3 Å². The summed E-state index contributed by atoms with van der Waals surface area (Å²) in [7, 11) is 0. The molecule has 3 heterocycles. The minimum Gasteiger partial charge on any atom is -0.367 e. The van der Waals surface area contributed by atoms with E-state index in [1.54, 1.807) is 0 Å². The first-order valence-corrected chi connectivity index (χ1v) is 7.03. The molecule has 0 aliphatic carbocycles. The van der Waals surface area contributed by atoms with E-state index in [4.69, 9.17) is 16.3 Å². The molecule has 2 aliphatic rings. The van der Waals surface area contributed by atoms with Crippen molar-refractivity contribution in [2.24, 2.45) is 0 Å². The highest BCUT2D eigenvalue weighted by Gasteiger charge is 2.34. The van der Waals surface area contributed by atoms with Crippen molar-refractivity contribution in [3.8, 4) is 0 Å². The van der Waals surface area contributed by atoms with Crippen LogP contribution in [0.25, 0.3) is 0 Å². The van der Waals surface area contributed by atoms with Crippen molar-refractivity contribution in [1.29, 1.82) is 0 Å². The van der Waals surface area contributed by atoms with E-state index in [2.05, 4.69) is 21.8 Å². The Balaban J connectivity index is 1.80. The van der Waals surface area contributed by atoms with Crippen LogP contribution in [0.1, 0.15) is 37.4 Å². The molecule has 2 fully saturated rings. The molecule has 2 unspecified atom stereocenters. The number of aromatic nitrogens is 2. The van der Waals surface area contributed by atoms with Crippen molar-refractivity contribution in [1.82, 2.24) is 14.9 Å². The zero-order chi connectivity index (χ0) is 12.5. The fourth-order valence-corrected chi connectivity index (χ4v) is 2.99. The molecule has 1 aromatic rings. The topological polar surface area (TPSA) is 38.2 Å². The average Bonchev–Trinajstić information content (AvgIpc) is 2.85. The lowest BCUT2D eigenvalue weighted by Gasteiger charge is -2.34. The standard InChI is InChI=1S/C13H18ClN3O/c1-2-9-6-12(14)16-13(15-9)11-7-17-5-3-4-10(17)8-18-11/h6,10-11H,2-5,7-8H2,1H3. The van der Waals surface area contributed by atoms with Gasteiger partial charge in [-0.1, -0.05) is 18.5 Å². The highest BCUT2D eigenvalue weighted by Crippen LogP contribution is 2.29. The van der Waals surface area contributed by atoms with Crippen LogP contribution in [0.4, 0.5) is 0 Å². The highest BCUT2D eigenvalue weighted by molar-refractivity contribution is 6.29. The summed E-state index contributed by atoms with van der Waals surface area (Å²) in [5.74, 6) is 0.740. The molecule has 0 amide bonds. The number of halogens is 1. The van der Waals surface area contributed by atoms with Crippen LogP contribution in [0.3, 0.4) is 0 Å². The third-order valence-corrected chi connectivity index (χ3v) is 4.00. The molecule has 2 saturated heterocycles. The highest BCUT2D eigenvalue weighted by atomic mass is 35.5. The Morgan fingerprint density at radius 3 is 3.22 bits per heavy atom. The van der Waals surface area contributed by atoms with Gasteiger partial charge in [-0.25, -0.2) is 9.97 Å². The van der Waals surface area contributed by atoms with Gasteiger partial charge in [0.1, 0.15) is 11.3 Å². The Labute approximate surface area is 112 Å². The van der Waals surface area contributed by atoms with Gasteiger partial charge >= 0.3 is 0 Å². The number of nitrogens with zero attached hydrogens (tertiary/aromatic N) is 3. The van der Waals surface area contributed by atoms with E-state index >= 15 is 0 Å². The third kappa shape index (κ3) is 2.37. The largest absolute Gasteiger partial charge is 0.367 e. The van der Waals surface area contributed by atoms with Gasteiger partial charge < -0.3 is 4.74 Å². The zero-order valence-electron chi connectivity index (χ0n) is 10.6. The van der Waals surface area contributed by atoms with E-state index in [9.17, 15) is 0 Å². The lowest BCUT2D eigenvalue weighted by molar-refractivity contribution is -0.0542. The number of hydrogen-bond donors (Lipinski definition) is 0. The quantitative estimate of drug-likeness (QED) is 0.771. The SMILES string of the molecule is CCc1cc(Cl)nc(C2CN3CCCC3CO2)n1. The van der Waals surface area contributed by atoms with E-state index in [1.807, 2.05) is 6.07 Å². The van der Waals surface area contributed by atoms with Gasteiger partial charge in [-0.2, -0.15) is 0 Å². The van der Waals surface area contributed by atoms with Gasteiger partial charge in [-0.15, -0.1) is 0 Å². The second-order valence-corrected chi connectivity index (χ2v) is 5.39. The van der Waals surface area contributed by atoms with E-state index in [1.165, 1.54) is 19.4 Å². The number of ether oxygens (including phenoxy) is 1. The van der Waals surface area contributed by atoms with Crippen LogP contribution >= 0.6 is 11.6 Å². The average molecular weight is 268 g/mol. The van der Waals surface area contributed by atoms with Crippen LogP contribution in [0.5, 0.6) is 0 Å². The fraction of sp³-hybridized carbons (Fsp3) is 0.692. The number of morpholine rings is 1. The maximum absolute atomic E-state index is 6.04. The van der Waals surface area contributed by atoms with E-state index in [-0.39, 0.29) is 6.10 Å². The molecule has 2 aliphatic heterocycles. The maximum atomic E-state index is 6.04. The Morgan fingerprint density at radius 2 is 2.39 bits per heavy atom. The van der Waals surface area contributed by atoms with Crippen LogP contribution in [-0.4, -0.2) is 40.6 Å². The molecule has 3 rings (SSSR count). The molecule has 0 bridgehead atoms. The van der Waals surface area contributed by atoms with E-state index in [0.29, 0.717) is 11.2 Å². The van der Waals surface area contributed by atoms with Crippen molar-refractivity contribution in [2.45, 2.75) is 38.3 Å². The van der Waals surface area contributed by atoms with Gasteiger partial charge in [0.2, 0.25) is 0 Å². The molecule has 1 aromatic heterocycles. The van der Waals surface area contributed by atoms with Crippen molar-refractivity contribution in [3.63, 3.8) is 0 Å². The fourth-order valence-electron chi connectivity index (χ4n) is 2.78. The summed E-state index contributed by atoms with van der Waals surface area (Å²) in [4.78, 5) is 11.4. The maximum Gasteiger partial charge on any atom is 0.160 e. The molecule has 0 saturated carbocycles. The zero-order valence-corrected chi connectivity index (χ0v) is 11.4. The summed E-state index contributed by atoms with van der Waals surface area (Å²) in [5.41, 5.74) is 0.983. The second-order valence-electron chi connectivity index (χ2n) is 5.01. The molecule has 98 valence electrons. The second kappa shape index (κ2) is 5.11. The molecule has 0 N–H and O–H groups in total. The lowest BCUT2D eigenvalue weighted by atomic mass is 10.2. The van der Waals surface area contributed by atoms with Gasteiger partial charge in [-0.05, 0) is 31.9 Å². The first-order valence-electron chi connectivity index (χ1n) is 6.65. The van der Waals surface area contributed by atoms with Gasteiger partial charge in [-0.3, -0.25) is 4.90 Å². The monoisotopic (exact) mass is 267 g/mol.